The minimum Gasteiger partial charge on any atom is -0.364 e. The summed E-state index contributed by atoms with van der Waals surface area (Å²) >= 11 is 0. The van der Waals surface area contributed by atoms with Gasteiger partial charge < -0.3 is 15.2 Å². The van der Waals surface area contributed by atoms with Gasteiger partial charge in [-0.15, -0.1) is 0 Å². The molecule has 0 aliphatic heterocycles. The van der Waals surface area contributed by atoms with Crippen molar-refractivity contribution in [2.45, 2.75) is 44.5 Å². The molecule has 0 amide bonds. The Balaban J connectivity index is 1.70. The van der Waals surface area contributed by atoms with E-state index >= 15 is 0 Å². The van der Waals surface area contributed by atoms with Gasteiger partial charge in [0.15, 0.2) is 0 Å². The monoisotopic (exact) mass is 412 g/mol. The molecule has 1 aliphatic rings. The van der Waals surface area contributed by atoms with Gasteiger partial charge in [-0.2, -0.15) is 18.2 Å². The number of rotatable bonds is 6. The maximum atomic E-state index is 13.3. The Morgan fingerprint density at radius 3 is 2.66 bits per heavy atom. The number of aromatic nitrogens is 4. The number of hydrogen-bond donors (Lipinski definition) is 2. The van der Waals surface area contributed by atoms with Gasteiger partial charge in [-0.1, -0.05) is 0 Å². The van der Waals surface area contributed by atoms with Crippen LogP contribution in [0.4, 0.5) is 39.4 Å². The summed E-state index contributed by atoms with van der Waals surface area (Å²) in [5, 5.41) is 6.19. The van der Waals surface area contributed by atoms with E-state index in [4.69, 9.17) is 0 Å². The van der Waals surface area contributed by atoms with Crippen molar-refractivity contribution < 1.29 is 22.0 Å². The molecule has 154 valence electrons. The standard InChI is InChI=1S/C18H17F5N6/c1-17(3-4-17)28-15-11(18(21,22)23)7-25-16(27-15)26-12-8-29(9-14(19)20)13-2-5-24-6-10(12)13/h2,5-8,14H,3-4,9H2,1H3,(H2,25,26,27,28). The molecule has 0 atom stereocenters. The van der Waals surface area contributed by atoms with Crippen LogP contribution in [-0.4, -0.2) is 31.5 Å². The zero-order valence-corrected chi connectivity index (χ0v) is 15.3. The van der Waals surface area contributed by atoms with E-state index in [0.29, 0.717) is 22.8 Å². The summed E-state index contributed by atoms with van der Waals surface area (Å²) < 4.78 is 67.0. The molecule has 1 saturated carbocycles. The van der Waals surface area contributed by atoms with Crippen molar-refractivity contribution in [2.75, 3.05) is 10.6 Å². The summed E-state index contributed by atoms with van der Waals surface area (Å²) in [6.45, 7) is 1.28. The Bertz CT molecular complexity index is 1040. The van der Waals surface area contributed by atoms with Gasteiger partial charge in [-0.05, 0) is 25.8 Å². The van der Waals surface area contributed by atoms with Crippen molar-refractivity contribution in [1.29, 1.82) is 0 Å². The molecule has 3 heterocycles. The van der Waals surface area contributed by atoms with E-state index in [1.54, 1.807) is 6.07 Å². The maximum Gasteiger partial charge on any atom is 0.421 e. The van der Waals surface area contributed by atoms with Gasteiger partial charge in [0.05, 0.1) is 17.7 Å². The third-order valence-corrected chi connectivity index (χ3v) is 4.78. The average molecular weight is 412 g/mol. The maximum absolute atomic E-state index is 13.3. The number of nitrogens with zero attached hydrogens (tertiary/aromatic N) is 4. The summed E-state index contributed by atoms with van der Waals surface area (Å²) in [5.41, 5.74) is -0.503. The van der Waals surface area contributed by atoms with Crippen molar-refractivity contribution in [3.05, 3.63) is 36.4 Å². The molecule has 2 N–H and O–H groups in total. The van der Waals surface area contributed by atoms with Crippen LogP contribution in [0.5, 0.6) is 0 Å². The summed E-state index contributed by atoms with van der Waals surface area (Å²) in [5.74, 6) is -0.394. The fourth-order valence-corrected chi connectivity index (χ4v) is 3.00. The normalized spacial score (nSPS) is 15.7. The minimum atomic E-state index is -4.61. The zero-order chi connectivity index (χ0) is 20.8. The molecule has 0 aromatic carbocycles. The first-order valence-corrected chi connectivity index (χ1v) is 8.85. The number of halogens is 5. The van der Waals surface area contributed by atoms with Crippen LogP contribution in [0.1, 0.15) is 25.3 Å². The lowest BCUT2D eigenvalue weighted by atomic mass is 10.2. The van der Waals surface area contributed by atoms with Crippen molar-refractivity contribution in [3.8, 4) is 0 Å². The summed E-state index contributed by atoms with van der Waals surface area (Å²) in [4.78, 5) is 11.8. The number of nitrogens with one attached hydrogen (secondary N) is 2. The molecule has 0 spiro atoms. The third-order valence-electron chi connectivity index (χ3n) is 4.78. The van der Waals surface area contributed by atoms with Crippen LogP contribution in [0, 0.1) is 0 Å². The molecule has 1 aliphatic carbocycles. The van der Waals surface area contributed by atoms with Crippen LogP contribution in [-0.2, 0) is 12.7 Å². The topological polar surface area (TPSA) is 67.7 Å². The molecule has 0 unspecified atom stereocenters. The van der Waals surface area contributed by atoms with Crippen molar-refractivity contribution in [1.82, 2.24) is 19.5 Å². The lowest BCUT2D eigenvalue weighted by molar-refractivity contribution is -0.137. The number of anilines is 3. The highest BCUT2D eigenvalue weighted by molar-refractivity contribution is 5.93. The van der Waals surface area contributed by atoms with E-state index in [-0.39, 0.29) is 11.8 Å². The van der Waals surface area contributed by atoms with Crippen LogP contribution in [0.3, 0.4) is 0 Å². The molecule has 6 nitrogen and oxygen atoms in total. The Morgan fingerprint density at radius 1 is 1.24 bits per heavy atom. The second-order valence-electron chi connectivity index (χ2n) is 7.24. The number of pyridine rings is 1. The lowest BCUT2D eigenvalue weighted by Gasteiger charge is -2.18. The van der Waals surface area contributed by atoms with Gasteiger partial charge in [0.25, 0.3) is 6.43 Å². The van der Waals surface area contributed by atoms with Crippen LogP contribution >= 0.6 is 0 Å². The van der Waals surface area contributed by atoms with Crippen molar-refractivity contribution in [2.24, 2.45) is 0 Å². The quantitative estimate of drug-likeness (QED) is 0.569. The molecule has 3 aromatic rings. The van der Waals surface area contributed by atoms with E-state index in [0.717, 1.165) is 12.8 Å². The highest BCUT2D eigenvalue weighted by Gasteiger charge is 2.42. The SMILES string of the molecule is CC1(Nc2nc(Nc3cn(CC(F)F)c4ccncc34)ncc2C(F)(F)F)CC1. The van der Waals surface area contributed by atoms with Gasteiger partial charge in [0.1, 0.15) is 11.4 Å². The molecule has 0 bridgehead atoms. The Morgan fingerprint density at radius 2 is 2.00 bits per heavy atom. The summed E-state index contributed by atoms with van der Waals surface area (Å²) in [7, 11) is 0. The number of fused-ring (bicyclic) bond motifs is 1. The minimum absolute atomic E-state index is 0.0790. The first kappa shape index (κ1) is 19.3. The molecule has 3 aromatic heterocycles. The van der Waals surface area contributed by atoms with Gasteiger partial charge in [-0.3, -0.25) is 4.98 Å². The predicted octanol–water partition coefficient (Wildman–Crippen LogP) is 4.82. The highest BCUT2D eigenvalue weighted by Crippen LogP contribution is 2.41. The van der Waals surface area contributed by atoms with Gasteiger partial charge in [0.2, 0.25) is 5.95 Å². The van der Waals surface area contributed by atoms with Crippen LogP contribution in [0.15, 0.2) is 30.9 Å². The highest BCUT2D eigenvalue weighted by atomic mass is 19.4. The van der Waals surface area contributed by atoms with E-state index < -0.39 is 30.2 Å². The van der Waals surface area contributed by atoms with Crippen molar-refractivity contribution in [3.63, 3.8) is 0 Å². The molecule has 29 heavy (non-hydrogen) atoms. The molecule has 4 rings (SSSR count). The first-order valence-electron chi connectivity index (χ1n) is 8.85. The van der Waals surface area contributed by atoms with E-state index in [1.165, 1.54) is 23.2 Å². The zero-order valence-electron chi connectivity index (χ0n) is 15.3. The van der Waals surface area contributed by atoms with Crippen molar-refractivity contribution >= 4 is 28.4 Å². The van der Waals surface area contributed by atoms with Crippen LogP contribution in [0.25, 0.3) is 10.9 Å². The van der Waals surface area contributed by atoms with Gasteiger partial charge in [-0.25, -0.2) is 13.8 Å². The Kier molecular flexibility index (Phi) is 4.55. The van der Waals surface area contributed by atoms with Crippen LogP contribution in [0.2, 0.25) is 0 Å². The second kappa shape index (κ2) is 6.82. The van der Waals surface area contributed by atoms with E-state index in [1.807, 2.05) is 6.92 Å². The summed E-state index contributed by atoms with van der Waals surface area (Å²) in [6, 6.07) is 1.58. The largest absolute Gasteiger partial charge is 0.421 e. The fraction of sp³-hybridized carbons (Fsp3) is 0.389. The van der Waals surface area contributed by atoms with E-state index in [9.17, 15) is 22.0 Å². The fourth-order valence-electron chi connectivity index (χ4n) is 3.00. The molecular formula is C18H17F5N6. The predicted molar refractivity (Wildman–Crippen MR) is 97.3 cm³/mol. The number of alkyl halides is 5. The Hall–Kier alpha value is -2.98. The molecule has 11 heteroatoms. The lowest BCUT2D eigenvalue weighted by Crippen LogP contribution is -2.21. The second-order valence-corrected chi connectivity index (χ2v) is 7.24. The average Bonchev–Trinajstić information content (AvgIpc) is 3.26. The Labute approximate surface area is 162 Å². The van der Waals surface area contributed by atoms with Gasteiger partial charge >= 0.3 is 6.18 Å². The molecular weight excluding hydrogens is 395 g/mol. The third kappa shape index (κ3) is 4.08. The molecule has 1 fully saturated rings. The van der Waals surface area contributed by atoms with Gasteiger partial charge in [0, 0.05) is 35.7 Å². The number of hydrogen-bond acceptors (Lipinski definition) is 5. The smallest absolute Gasteiger partial charge is 0.364 e. The van der Waals surface area contributed by atoms with E-state index in [2.05, 4.69) is 25.6 Å². The molecule has 0 radical (unpaired) electrons. The summed E-state index contributed by atoms with van der Waals surface area (Å²) in [6.07, 6.45) is -0.592. The van der Waals surface area contributed by atoms with Crippen LogP contribution < -0.4 is 10.6 Å². The molecule has 0 saturated heterocycles. The first-order chi connectivity index (χ1) is 13.6.